The van der Waals surface area contributed by atoms with Crippen LogP contribution in [0.15, 0.2) is 35.5 Å². The second kappa shape index (κ2) is 7.90. The van der Waals surface area contributed by atoms with Crippen LogP contribution in [0, 0.1) is 6.92 Å². The van der Waals surface area contributed by atoms with E-state index in [1.54, 1.807) is 31.5 Å². The smallest absolute Gasteiger partial charge is 0.316 e. The van der Waals surface area contributed by atoms with Crippen molar-refractivity contribution in [3.63, 3.8) is 0 Å². The average Bonchev–Trinajstić information content (AvgIpc) is 2.64. The third-order valence-corrected chi connectivity index (χ3v) is 6.71. The van der Waals surface area contributed by atoms with E-state index in [0.717, 1.165) is 24.8 Å². The third-order valence-electron chi connectivity index (χ3n) is 4.47. The molecule has 1 fully saturated rings. The molecule has 1 aromatic carbocycles. The lowest BCUT2D eigenvalue weighted by Gasteiger charge is -2.31. The van der Waals surface area contributed by atoms with Gasteiger partial charge in [0.1, 0.15) is 6.10 Å². The fourth-order valence-corrected chi connectivity index (χ4v) is 4.94. The number of benzene rings is 1. The van der Waals surface area contributed by atoms with Crippen molar-refractivity contribution in [3.8, 4) is 6.01 Å². The molecule has 6 nitrogen and oxygen atoms in total. The van der Waals surface area contributed by atoms with Gasteiger partial charge in [-0.3, -0.25) is 0 Å². The van der Waals surface area contributed by atoms with Gasteiger partial charge in [0, 0.05) is 24.0 Å². The van der Waals surface area contributed by atoms with Gasteiger partial charge in [0.25, 0.3) is 0 Å². The van der Waals surface area contributed by atoms with Crippen LogP contribution >= 0.6 is 11.6 Å². The van der Waals surface area contributed by atoms with Gasteiger partial charge in [-0.1, -0.05) is 24.6 Å². The molecule has 26 heavy (non-hydrogen) atoms. The first-order valence-electron chi connectivity index (χ1n) is 8.64. The molecule has 0 saturated carbocycles. The van der Waals surface area contributed by atoms with E-state index in [2.05, 4.69) is 9.97 Å². The number of aromatic nitrogens is 2. The predicted molar refractivity (Wildman–Crippen MR) is 100 cm³/mol. The molecule has 2 aromatic rings. The largest absolute Gasteiger partial charge is 0.459 e. The van der Waals surface area contributed by atoms with Gasteiger partial charge in [-0.2, -0.15) is 4.31 Å². The Labute approximate surface area is 159 Å². The van der Waals surface area contributed by atoms with Crippen molar-refractivity contribution in [1.29, 1.82) is 0 Å². The van der Waals surface area contributed by atoms with Crippen LogP contribution < -0.4 is 4.74 Å². The zero-order valence-electron chi connectivity index (χ0n) is 14.9. The molecule has 8 heteroatoms. The number of hydrogen-bond donors (Lipinski definition) is 0. The number of piperidine rings is 1. The van der Waals surface area contributed by atoms with E-state index in [1.807, 2.05) is 6.92 Å². The first-order valence-corrected chi connectivity index (χ1v) is 10.5. The van der Waals surface area contributed by atoms with Crippen LogP contribution in [0.1, 0.15) is 30.9 Å². The van der Waals surface area contributed by atoms with Crippen LogP contribution in [0.3, 0.4) is 0 Å². The Balaban J connectivity index is 1.75. The molecular formula is C18H22ClN3O3S. The molecule has 1 aromatic heterocycles. The van der Waals surface area contributed by atoms with Crippen molar-refractivity contribution in [1.82, 2.24) is 14.3 Å². The minimum atomic E-state index is -3.62. The van der Waals surface area contributed by atoms with Gasteiger partial charge in [0.15, 0.2) is 0 Å². The fourth-order valence-electron chi connectivity index (χ4n) is 2.95. The van der Waals surface area contributed by atoms with Gasteiger partial charge in [0.05, 0.1) is 11.4 Å². The summed E-state index contributed by atoms with van der Waals surface area (Å²) < 4.78 is 33.3. The molecule has 0 aliphatic carbocycles. The summed E-state index contributed by atoms with van der Waals surface area (Å²) in [5.41, 5.74) is 1.71. The van der Waals surface area contributed by atoms with Gasteiger partial charge in [-0.05, 0) is 49.4 Å². The first-order chi connectivity index (χ1) is 12.4. The van der Waals surface area contributed by atoms with E-state index in [-0.39, 0.29) is 23.6 Å². The van der Waals surface area contributed by atoms with E-state index < -0.39 is 10.0 Å². The van der Waals surface area contributed by atoms with Gasteiger partial charge >= 0.3 is 6.01 Å². The van der Waals surface area contributed by atoms with Crippen molar-refractivity contribution < 1.29 is 13.2 Å². The second-order valence-corrected chi connectivity index (χ2v) is 8.73. The summed E-state index contributed by atoms with van der Waals surface area (Å²) in [4.78, 5) is 8.64. The molecule has 2 heterocycles. The molecule has 1 saturated heterocycles. The molecule has 1 aliphatic rings. The molecule has 0 radical (unpaired) electrons. The zero-order chi connectivity index (χ0) is 18.7. The molecule has 0 N–H and O–H groups in total. The Kier molecular flexibility index (Phi) is 5.79. The fraction of sp³-hybridized carbons (Fsp3) is 0.444. The Hall–Kier alpha value is -1.70. The van der Waals surface area contributed by atoms with Crippen molar-refractivity contribution in [2.24, 2.45) is 0 Å². The van der Waals surface area contributed by atoms with Crippen LogP contribution in [0.4, 0.5) is 0 Å². The lowest BCUT2D eigenvalue weighted by molar-refractivity contribution is 0.119. The molecule has 0 bridgehead atoms. The molecular weight excluding hydrogens is 374 g/mol. The summed E-state index contributed by atoms with van der Waals surface area (Å²) in [7, 11) is -3.62. The number of hydrogen-bond acceptors (Lipinski definition) is 5. The molecule has 1 aliphatic heterocycles. The topological polar surface area (TPSA) is 72.4 Å². The highest BCUT2D eigenvalue weighted by molar-refractivity contribution is 7.89. The van der Waals surface area contributed by atoms with Crippen molar-refractivity contribution >= 4 is 21.6 Å². The van der Waals surface area contributed by atoms with Gasteiger partial charge in [-0.25, -0.2) is 18.4 Å². The molecule has 1 unspecified atom stereocenters. The summed E-state index contributed by atoms with van der Waals surface area (Å²) in [6, 6.07) is 5.19. The van der Waals surface area contributed by atoms with Crippen molar-refractivity contribution in [2.75, 3.05) is 13.1 Å². The Morgan fingerprint density at radius 2 is 2.04 bits per heavy atom. The monoisotopic (exact) mass is 395 g/mol. The summed E-state index contributed by atoms with van der Waals surface area (Å²) in [6.07, 6.45) is 5.53. The minimum Gasteiger partial charge on any atom is -0.459 e. The van der Waals surface area contributed by atoms with Crippen LogP contribution in [0.25, 0.3) is 0 Å². The maximum Gasteiger partial charge on any atom is 0.316 e. The summed E-state index contributed by atoms with van der Waals surface area (Å²) in [5.74, 6) is 0. The Morgan fingerprint density at radius 1 is 1.31 bits per heavy atom. The lowest BCUT2D eigenvalue weighted by Crippen LogP contribution is -2.44. The molecule has 0 spiro atoms. The molecule has 0 amide bonds. The van der Waals surface area contributed by atoms with E-state index in [9.17, 15) is 8.42 Å². The quantitative estimate of drug-likeness (QED) is 0.777. The zero-order valence-corrected chi connectivity index (χ0v) is 16.4. The second-order valence-electron chi connectivity index (χ2n) is 6.38. The normalized spacial score (nSPS) is 18.7. The highest BCUT2D eigenvalue weighted by atomic mass is 35.5. The standard InChI is InChI=1S/C18H22ClN3O3S/c1-3-14-10-20-18(21-11-14)25-16-5-4-8-22(12-16)26(23,24)17-9-15(19)7-6-13(17)2/h6-7,9-11,16H,3-5,8,12H2,1-2H3. The van der Waals surface area contributed by atoms with Crippen LogP contribution in [0.2, 0.25) is 5.02 Å². The highest BCUT2D eigenvalue weighted by Crippen LogP contribution is 2.26. The summed E-state index contributed by atoms with van der Waals surface area (Å²) in [5, 5.41) is 0.406. The molecule has 140 valence electrons. The SMILES string of the molecule is CCc1cnc(OC2CCCN(S(=O)(=O)c3cc(Cl)ccc3C)C2)nc1. The maximum absolute atomic E-state index is 13.0. The Bertz CT molecular complexity index is 872. The van der Waals surface area contributed by atoms with E-state index in [1.165, 1.54) is 10.4 Å². The number of aryl methyl sites for hydroxylation is 2. The highest BCUT2D eigenvalue weighted by Gasteiger charge is 2.32. The number of ether oxygens (including phenoxy) is 1. The summed E-state index contributed by atoms with van der Waals surface area (Å²) in [6.45, 7) is 4.53. The number of nitrogens with zero attached hydrogens (tertiary/aromatic N) is 3. The molecule has 3 rings (SSSR count). The number of rotatable bonds is 5. The van der Waals surface area contributed by atoms with Crippen LogP contribution in [-0.2, 0) is 16.4 Å². The third kappa shape index (κ3) is 4.16. The average molecular weight is 396 g/mol. The van der Waals surface area contributed by atoms with Crippen LogP contribution in [0.5, 0.6) is 6.01 Å². The molecule has 1 atom stereocenters. The van der Waals surface area contributed by atoms with Gasteiger partial charge in [-0.15, -0.1) is 0 Å². The maximum atomic E-state index is 13.0. The van der Waals surface area contributed by atoms with Gasteiger partial charge in [0.2, 0.25) is 10.0 Å². The van der Waals surface area contributed by atoms with E-state index in [0.29, 0.717) is 17.1 Å². The predicted octanol–water partition coefficient (Wildman–Crippen LogP) is 3.23. The number of halogens is 1. The summed E-state index contributed by atoms with van der Waals surface area (Å²) >= 11 is 6.00. The first kappa shape index (κ1) is 19.1. The lowest BCUT2D eigenvalue weighted by atomic mass is 10.1. The minimum absolute atomic E-state index is 0.245. The Morgan fingerprint density at radius 3 is 2.73 bits per heavy atom. The van der Waals surface area contributed by atoms with Crippen molar-refractivity contribution in [3.05, 3.63) is 46.7 Å². The van der Waals surface area contributed by atoms with E-state index in [4.69, 9.17) is 16.3 Å². The van der Waals surface area contributed by atoms with Crippen molar-refractivity contribution in [2.45, 2.75) is 44.1 Å². The van der Waals surface area contributed by atoms with Gasteiger partial charge < -0.3 is 4.74 Å². The van der Waals surface area contributed by atoms with E-state index >= 15 is 0 Å². The number of sulfonamides is 1. The van der Waals surface area contributed by atoms with Crippen LogP contribution in [-0.4, -0.2) is 41.9 Å².